The average molecular weight is 195 g/mol. The second-order valence-corrected chi connectivity index (χ2v) is 2.43. The maximum atomic E-state index is 10.6. The van der Waals surface area contributed by atoms with Gasteiger partial charge in [0.1, 0.15) is 0 Å². The zero-order valence-electron chi connectivity index (χ0n) is 9.16. The Kier molecular flexibility index (Phi) is 6.28. The summed E-state index contributed by atoms with van der Waals surface area (Å²) >= 11 is 0. The molecule has 0 aliphatic carbocycles. The molecule has 0 fully saturated rings. The Labute approximate surface area is 84.8 Å². The number of hydrogen-bond donors (Lipinski definition) is 1. The van der Waals surface area contributed by atoms with Gasteiger partial charge in [0.15, 0.2) is 5.82 Å². The van der Waals surface area contributed by atoms with Crippen LogP contribution in [0.1, 0.15) is 33.4 Å². The van der Waals surface area contributed by atoms with E-state index in [0.29, 0.717) is 5.82 Å². The second-order valence-electron chi connectivity index (χ2n) is 2.43. The lowest BCUT2D eigenvalue weighted by atomic mass is 10.3. The van der Waals surface area contributed by atoms with Crippen LogP contribution in [0, 0.1) is 0 Å². The zero-order chi connectivity index (χ0) is 11.0. The SMILES string of the molecule is CC.CCc1cnc(NC(C)=O)cn1. The lowest BCUT2D eigenvalue weighted by Crippen LogP contribution is -2.07. The van der Waals surface area contributed by atoms with Gasteiger partial charge < -0.3 is 5.32 Å². The van der Waals surface area contributed by atoms with Gasteiger partial charge in [0.25, 0.3) is 0 Å². The summed E-state index contributed by atoms with van der Waals surface area (Å²) < 4.78 is 0. The Morgan fingerprint density at radius 2 is 2.00 bits per heavy atom. The molecular formula is C10H17N3O. The van der Waals surface area contributed by atoms with Gasteiger partial charge in [-0.2, -0.15) is 0 Å². The molecule has 4 nitrogen and oxygen atoms in total. The Hall–Kier alpha value is -1.45. The predicted octanol–water partition coefficient (Wildman–Crippen LogP) is 2.02. The van der Waals surface area contributed by atoms with Crippen LogP contribution in [0.2, 0.25) is 0 Å². The molecule has 0 radical (unpaired) electrons. The molecule has 1 N–H and O–H groups in total. The van der Waals surface area contributed by atoms with Gasteiger partial charge in [-0.05, 0) is 6.42 Å². The van der Waals surface area contributed by atoms with Gasteiger partial charge >= 0.3 is 0 Å². The highest BCUT2D eigenvalue weighted by Crippen LogP contribution is 2.00. The standard InChI is InChI=1S/C8H11N3O.C2H6/c1-3-7-4-10-8(5-9-7)11-6(2)12;1-2/h4-5H,3H2,1-2H3,(H,10,11,12);1-2H3. The van der Waals surface area contributed by atoms with Crippen LogP contribution in [0.15, 0.2) is 12.4 Å². The van der Waals surface area contributed by atoms with E-state index in [-0.39, 0.29) is 5.91 Å². The molecule has 0 spiro atoms. The summed E-state index contributed by atoms with van der Waals surface area (Å²) in [7, 11) is 0. The fourth-order valence-electron chi connectivity index (χ4n) is 0.782. The molecule has 0 aliphatic heterocycles. The van der Waals surface area contributed by atoms with E-state index in [0.717, 1.165) is 12.1 Å². The average Bonchev–Trinajstić information content (AvgIpc) is 2.21. The summed E-state index contributed by atoms with van der Waals surface area (Å²) in [6.45, 7) is 7.44. The molecule has 0 saturated heterocycles. The molecule has 14 heavy (non-hydrogen) atoms. The van der Waals surface area contributed by atoms with Crippen LogP contribution in [0.3, 0.4) is 0 Å². The number of hydrogen-bond acceptors (Lipinski definition) is 3. The fraction of sp³-hybridized carbons (Fsp3) is 0.500. The number of aromatic nitrogens is 2. The Bertz CT molecular complexity index is 269. The quantitative estimate of drug-likeness (QED) is 0.785. The van der Waals surface area contributed by atoms with E-state index >= 15 is 0 Å². The number of carbonyl (C=O) groups excluding carboxylic acids is 1. The Balaban J connectivity index is 0.000000791. The van der Waals surface area contributed by atoms with Gasteiger partial charge in [0, 0.05) is 6.92 Å². The van der Waals surface area contributed by atoms with E-state index in [1.807, 2.05) is 20.8 Å². The molecule has 4 heteroatoms. The van der Waals surface area contributed by atoms with Crippen molar-refractivity contribution in [1.29, 1.82) is 0 Å². The van der Waals surface area contributed by atoms with Crippen LogP contribution in [-0.4, -0.2) is 15.9 Å². The Morgan fingerprint density at radius 3 is 2.36 bits per heavy atom. The minimum Gasteiger partial charge on any atom is -0.310 e. The number of aryl methyl sites for hydroxylation is 1. The van der Waals surface area contributed by atoms with E-state index < -0.39 is 0 Å². The summed E-state index contributed by atoms with van der Waals surface area (Å²) in [5.74, 6) is 0.369. The lowest BCUT2D eigenvalue weighted by Gasteiger charge is -1.99. The van der Waals surface area contributed by atoms with Gasteiger partial charge in [-0.1, -0.05) is 20.8 Å². The molecule has 1 rings (SSSR count). The first-order chi connectivity index (χ1) is 6.72. The molecule has 0 aliphatic rings. The highest BCUT2D eigenvalue weighted by atomic mass is 16.1. The highest BCUT2D eigenvalue weighted by Gasteiger charge is 1.96. The van der Waals surface area contributed by atoms with Crippen molar-refractivity contribution in [3.8, 4) is 0 Å². The topological polar surface area (TPSA) is 54.9 Å². The minimum absolute atomic E-state index is 0.131. The number of nitrogens with one attached hydrogen (secondary N) is 1. The first-order valence-electron chi connectivity index (χ1n) is 4.81. The van der Waals surface area contributed by atoms with E-state index in [9.17, 15) is 4.79 Å². The van der Waals surface area contributed by atoms with Gasteiger partial charge in [0.05, 0.1) is 18.1 Å². The first-order valence-corrected chi connectivity index (χ1v) is 4.81. The minimum atomic E-state index is -0.131. The smallest absolute Gasteiger partial charge is 0.222 e. The summed E-state index contributed by atoms with van der Waals surface area (Å²) in [6.07, 6.45) is 4.07. The monoisotopic (exact) mass is 195 g/mol. The van der Waals surface area contributed by atoms with Crippen LogP contribution in [-0.2, 0) is 11.2 Å². The van der Waals surface area contributed by atoms with Crippen molar-refractivity contribution in [3.63, 3.8) is 0 Å². The van der Waals surface area contributed by atoms with Gasteiger partial charge in [-0.15, -0.1) is 0 Å². The molecule has 1 aromatic heterocycles. The number of nitrogens with zero attached hydrogens (tertiary/aromatic N) is 2. The van der Waals surface area contributed by atoms with E-state index in [1.165, 1.54) is 6.92 Å². The van der Waals surface area contributed by atoms with Gasteiger partial charge in [-0.25, -0.2) is 4.98 Å². The molecule has 1 amide bonds. The van der Waals surface area contributed by atoms with Crippen molar-refractivity contribution in [1.82, 2.24) is 9.97 Å². The summed E-state index contributed by atoms with van der Waals surface area (Å²) in [5.41, 5.74) is 0.920. The molecule has 0 saturated carbocycles. The third kappa shape index (κ3) is 4.54. The van der Waals surface area contributed by atoms with Crippen molar-refractivity contribution in [2.75, 3.05) is 5.32 Å². The molecular weight excluding hydrogens is 178 g/mol. The summed E-state index contributed by atoms with van der Waals surface area (Å²) in [6, 6.07) is 0. The van der Waals surface area contributed by atoms with Gasteiger partial charge in [-0.3, -0.25) is 9.78 Å². The van der Waals surface area contributed by atoms with Crippen molar-refractivity contribution >= 4 is 11.7 Å². The zero-order valence-corrected chi connectivity index (χ0v) is 9.16. The normalized spacial score (nSPS) is 8.57. The van der Waals surface area contributed by atoms with E-state index in [2.05, 4.69) is 15.3 Å². The number of rotatable bonds is 2. The van der Waals surface area contributed by atoms with Crippen LogP contribution in [0.5, 0.6) is 0 Å². The fourth-order valence-corrected chi connectivity index (χ4v) is 0.782. The van der Waals surface area contributed by atoms with Crippen molar-refractivity contribution in [2.45, 2.75) is 34.1 Å². The molecule has 0 atom stereocenters. The third-order valence-corrected chi connectivity index (χ3v) is 1.37. The van der Waals surface area contributed by atoms with Crippen molar-refractivity contribution < 1.29 is 4.79 Å². The predicted molar refractivity (Wildman–Crippen MR) is 57.1 cm³/mol. The van der Waals surface area contributed by atoms with Crippen LogP contribution in [0.25, 0.3) is 0 Å². The van der Waals surface area contributed by atoms with E-state index in [1.54, 1.807) is 12.4 Å². The lowest BCUT2D eigenvalue weighted by molar-refractivity contribution is -0.114. The Morgan fingerprint density at radius 1 is 1.36 bits per heavy atom. The highest BCUT2D eigenvalue weighted by molar-refractivity contribution is 5.87. The van der Waals surface area contributed by atoms with Crippen LogP contribution < -0.4 is 5.32 Å². The summed E-state index contributed by atoms with van der Waals surface area (Å²) in [4.78, 5) is 18.7. The van der Waals surface area contributed by atoms with E-state index in [4.69, 9.17) is 0 Å². The molecule has 0 unspecified atom stereocenters. The second kappa shape index (κ2) is 7.00. The molecule has 0 aromatic carbocycles. The number of carbonyl (C=O) groups is 1. The molecule has 1 heterocycles. The molecule has 0 bridgehead atoms. The maximum absolute atomic E-state index is 10.6. The van der Waals surface area contributed by atoms with Crippen molar-refractivity contribution in [3.05, 3.63) is 18.1 Å². The third-order valence-electron chi connectivity index (χ3n) is 1.37. The number of anilines is 1. The summed E-state index contributed by atoms with van der Waals surface area (Å²) in [5, 5.41) is 2.54. The van der Waals surface area contributed by atoms with Crippen LogP contribution in [0.4, 0.5) is 5.82 Å². The van der Waals surface area contributed by atoms with Crippen LogP contribution >= 0.6 is 0 Å². The first kappa shape index (κ1) is 12.6. The van der Waals surface area contributed by atoms with Gasteiger partial charge in [0.2, 0.25) is 5.91 Å². The molecule has 1 aromatic rings. The maximum Gasteiger partial charge on any atom is 0.222 e. The number of amides is 1. The largest absolute Gasteiger partial charge is 0.310 e. The van der Waals surface area contributed by atoms with Crippen molar-refractivity contribution in [2.24, 2.45) is 0 Å². The molecule has 78 valence electrons.